The number of fused-ring (bicyclic) bond motifs is 1. The number of aromatic nitrogens is 2. The minimum Gasteiger partial charge on any atom is -0.323 e. The van der Waals surface area contributed by atoms with Crippen LogP contribution in [0.25, 0.3) is 11.0 Å². The van der Waals surface area contributed by atoms with Crippen molar-refractivity contribution in [2.45, 2.75) is 25.3 Å². The van der Waals surface area contributed by atoms with Crippen molar-refractivity contribution in [3.8, 4) is 0 Å². The van der Waals surface area contributed by atoms with Crippen LogP contribution in [0.2, 0.25) is 0 Å². The predicted molar refractivity (Wildman–Crippen MR) is 85.0 cm³/mol. The molecule has 100 valence electrons. The molecule has 1 aliphatic carbocycles. The maximum absolute atomic E-state index is 4.84. The molecule has 0 saturated heterocycles. The molecule has 1 aromatic heterocycles. The number of para-hydroxylation sites is 2. The standard InChI is InChI=1S/C17H15BrN2/c18-14-9-5-12(6-10-14)11-20-16-4-2-1-3-15(16)19-17(20)13-7-8-13/h1-6,9-10,13H,7-8,11H2. The summed E-state index contributed by atoms with van der Waals surface area (Å²) in [4.78, 5) is 4.84. The Morgan fingerprint density at radius 2 is 1.80 bits per heavy atom. The summed E-state index contributed by atoms with van der Waals surface area (Å²) in [6.07, 6.45) is 2.56. The molecule has 3 aromatic rings. The van der Waals surface area contributed by atoms with Gasteiger partial charge < -0.3 is 4.57 Å². The van der Waals surface area contributed by atoms with E-state index in [1.165, 1.54) is 29.7 Å². The van der Waals surface area contributed by atoms with Crippen molar-refractivity contribution in [2.24, 2.45) is 0 Å². The minimum absolute atomic E-state index is 0.665. The lowest BCUT2D eigenvalue weighted by atomic mass is 10.2. The molecule has 0 bridgehead atoms. The van der Waals surface area contributed by atoms with Gasteiger partial charge in [0.1, 0.15) is 5.82 Å². The summed E-state index contributed by atoms with van der Waals surface area (Å²) in [5.41, 5.74) is 3.68. The summed E-state index contributed by atoms with van der Waals surface area (Å²) in [6.45, 7) is 0.902. The van der Waals surface area contributed by atoms with Crippen LogP contribution in [0.15, 0.2) is 53.0 Å². The molecule has 4 rings (SSSR count). The summed E-state index contributed by atoms with van der Waals surface area (Å²) < 4.78 is 3.51. The maximum Gasteiger partial charge on any atom is 0.113 e. The largest absolute Gasteiger partial charge is 0.323 e. The summed E-state index contributed by atoms with van der Waals surface area (Å²) in [6, 6.07) is 17.0. The number of imidazole rings is 1. The number of halogens is 1. The fourth-order valence-corrected chi connectivity index (χ4v) is 2.95. The SMILES string of the molecule is Brc1ccc(Cn2c(C3CC3)nc3ccccc32)cc1. The number of rotatable bonds is 3. The molecule has 0 N–H and O–H groups in total. The molecule has 3 heteroatoms. The van der Waals surface area contributed by atoms with E-state index >= 15 is 0 Å². The molecule has 2 aromatic carbocycles. The molecule has 0 amide bonds. The lowest BCUT2D eigenvalue weighted by Gasteiger charge is -2.09. The van der Waals surface area contributed by atoms with E-state index in [0.717, 1.165) is 16.5 Å². The van der Waals surface area contributed by atoms with Gasteiger partial charge in [-0.3, -0.25) is 0 Å². The van der Waals surface area contributed by atoms with Crippen molar-refractivity contribution in [1.82, 2.24) is 9.55 Å². The zero-order valence-electron chi connectivity index (χ0n) is 11.1. The van der Waals surface area contributed by atoms with Gasteiger partial charge in [-0.25, -0.2) is 4.98 Å². The average Bonchev–Trinajstić information content (AvgIpc) is 3.25. The minimum atomic E-state index is 0.665. The molecule has 1 saturated carbocycles. The van der Waals surface area contributed by atoms with Gasteiger partial charge in [0, 0.05) is 16.9 Å². The Bertz CT molecular complexity index is 754. The van der Waals surface area contributed by atoms with Crippen LogP contribution < -0.4 is 0 Å². The third kappa shape index (κ3) is 2.16. The Hall–Kier alpha value is -1.61. The molecule has 1 heterocycles. The van der Waals surface area contributed by atoms with E-state index in [0.29, 0.717) is 5.92 Å². The zero-order valence-corrected chi connectivity index (χ0v) is 12.7. The molecule has 0 radical (unpaired) electrons. The van der Waals surface area contributed by atoms with E-state index in [9.17, 15) is 0 Å². The number of hydrogen-bond acceptors (Lipinski definition) is 1. The molecule has 2 nitrogen and oxygen atoms in total. The highest BCUT2D eigenvalue weighted by atomic mass is 79.9. The fraction of sp³-hybridized carbons (Fsp3) is 0.235. The molecule has 0 spiro atoms. The molecule has 0 unspecified atom stereocenters. The Balaban J connectivity index is 1.80. The third-order valence-corrected chi connectivity index (χ3v) is 4.41. The van der Waals surface area contributed by atoms with Gasteiger partial charge in [-0.2, -0.15) is 0 Å². The van der Waals surface area contributed by atoms with Gasteiger partial charge in [-0.1, -0.05) is 40.2 Å². The smallest absolute Gasteiger partial charge is 0.113 e. The van der Waals surface area contributed by atoms with E-state index in [1.807, 2.05) is 0 Å². The van der Waals surface area contributed by atoms with E-state index in [1.54, 1.807) is 0 Å². The first-order valence-corrected chi connectivity index (χ1v) is 7.80. The molecule has 20 heavy (non-hydrogen) atoms. The second-order valence-electron chi connectivity index (χ2n) is 5.45. The normalized spacial score (nSPS) is 14.8. The van der Waals surface area contributed by atoms with Crippen LogP contribution in [0.5, 0.6) is 0 Å². The summed E-state index contributed by atoms with van der Waals surface area (Å²) in [7, 11) is 0. The molecular formula is C17H15BrN2. The lowest BCUT2D eigenvalue weighted by Crippen LogP contribution is -2.04. The monoisotopic (exact) mass is 326 g/mol. The first-order chi connectivity index (χ1) is 9.81. The van der Waals surface area contributed by atoms with Crippen LogP contribution in [0.1, 0.15) is 30.1 Å². The lowest BCUT2D eigenvalue weighted by molar-refractivity contribution is 0.747. The van der Waals surface area contributed by atoms with Crippen molar-refractivity contribution >= 4 is 27.0 Å². The highest BCUT2D eigenvalue weighted by molar-refractivity contribution is 9.10. The number of hydrogen-bond donors (Lipinski definition) is 0. The summed E-state index contributed by atoms with van der Waals surface area (Å²) >= 11 is 3.49. The summed E-state index contributed by atoms with van der Waals surface area (Å²) in [5.74, 6) is 1.92. The van der Waals surface area contributed by atoms with Crippen LogP contribution in [-0.2, 0) is 6.54 Å². The van der Waals surface area contributed by atoms with Gasteiger partial charge in [0.05, 0.1) is 11.0 Å². The number of nitrogens with zero attached hydrogens (tertiary/aromatic N) is 2. The Morgan fingerprint density at radius 3 is 2.55 bits per heavy atom. The third-order valence-electron chi connectivity index (χ3n) is 3.88. The average molecular weight is 327 g/mol. The maximum atomic E-state index is 4.84. The fourth-order valence-electron chi connectivity index (χ4n) is 2.69. The van der Waals surface area contributed by atoms with E-state index in [2.05, 4.69) is 69.0 Å². The van der Waals surface area contributed by atoms with Crippen LogP contribution in [0, 0.1) is 0 Å². The van der Waals surface area contributed by atoms with Gasteiger partial charge in [0.2, 0.25) is 0 Å². The Labute approximate surface area is 126 Å². The topological polar surface area (TPSA) is 17.8 Å². The quantitative estimate of drug-likeness (QED) is 0.680. The molecule has 0 aliphatic heterocycles. The zero-order chi connectivity index (χ0) is 13.5. The first kappa shape index (κ1) is 12.2. The predicted octanol–water partition coefficient (Wildman–Crippen LogP) is 4.72. The van der Waals surface area contributed by atoms with Crippen LogP contribution >= 0.6 is 15.9 Å². The van der Waals surface area contributed by atoms with Crippen molar-refractivity contribution < 1.29 is 0 Å². The van der Waals surface area contributed by atoms with E-state index in [4.69, 9.17) is 4.98 Å². The van der Waals surface area contributed by atoms with E-state index in [-0.39, 0.29) is 0 Å². The van der Waals surface area contributed by atoms with Gasteiger partial charge in [-0.05, 0) is 42.7 Å². The van der Waals surface area contributed by atoms with Crippen molar-refractivity contribution in [3.05, 3.63) is 64.4 Å². The van der Waals surface area contributed by atoms with Crippen LogP contribution in [0.4, 0.5) is 0 Å². The Kier molecular flexibility index (Phi) is 2.88. The number of benzene rings is 2. The highest BCUT2D eigenvalue weighted by Gasteiger charge is 2.29. The van der Waals surface area contributed by atoms with E-state index < -0.39 is 0 Å². The molecule has 1 aliphatic rings. The van der Waals surface area contributed by atoms with Gasteiger partial charge >= 0.3 is 0 Å². The highest BCUT2D eigenvalue weighted by Crippen LogP contribution is 2.40. The molecule has 1 fully saturated rings. The first-order valence-electron chi connectivity index (χ1n) is 7.01. The van der Waals surface area contributed by atoms with Crippen molar-refractivity contribution in [2.75, 3.05) is 0 Å². The van der Waals surface area contributed by atoms with Gasteiger partial charge in [-0.15, -0.1) is 0 Å². The second-order valence-corrected chi connectivity index (χ2v) is 6.36. The summed E-state index contributed by atoms with van der Waals surface area (Å²) in [5, 5.41) is 0. The van der Waals surface area contributed by atoms with Crippen LogP contribution in [0.3, 0.4) is 0 Å². The van der Waals surface area contributed by atoms with Crippen molar-refractivity contribution in [1.29, 1.82) is 0 Å². The molecular weight excluding hydrogens is 312 g/mol. The Morgan fingerprint density at radius 1 is 1.05 bits per heavy atom. The van der Waals surface area contributed by atoms with Crippen LogP contribution in [-0.4, -0.2) is 9.55 Å². The van der Waals surface area contributed by atoms with Gasteiger partial charge in [0.25, 0.3) is 0 Å². The van der Waals surface area contributed by atoms with Gasteiger partial charge in [0.15, 0.2) is 0 Å². The molecule has 0 atom stereocenters. The van der Waals surface area contributed by atoms with Crippen molar-refractivity contribution in [3.63, 3.8) is 0 Å². The second kappa shape index (κ2) is 4.74.